The Morgan fingerprint density at radius 3 is 2.85 bits per heavy atom. The van der Waals surface area contributed by atoms with Gasteiger partial charge in [0.1, 0.15) is 12.1 Å². The van der Waals surface area contributed by atoms with Gasteiger partial charge in [-0.05, 0) is 43.4 Å². The van der Waals surface area contributed by atoms with Crippen molar-refractivity contribution >= 4 is 16.7 Å². The topological polar surface area (TPSA) is 63.9 Å². The lowest BCUT2D eigenvalue weighted by Crippen LogP contribution is -2.50. The Balaban J connectivity index is 1.32. The van der Waals surface area contributed by atoms with Gasteiger partial charge in [0.05, 0.1) is 17.8 Å². The normalized spacial score (nSPS) is 17.2. The molecule has 0 amide bonds. The van der Waals surface area contributed by atoms with Crippen LogP contribution in [0.15, 0.2) is 41.5 Å². The summed E-state index contributed by atoms with van der Waals surface area (Å²) in [6.07, 6.45) is 5.97. The minimum absolute atomic E-state index is 0.0385. The van der Waals surface area contributed by atoms with Gasteiger partial charge in [-0.3, -0.25) is 4.79 Å². The summed E-state index contributed by atoms with van der Waals surface area (Å²) in [6.45, 7) is 2.48. The van der Waals surface area contributed by atoms with Gasteiger partial charge in [-0.2, -0.15) is 5.10 Å². The first kappa shape index (κ1) is 15.5. The molecule has 0 atom stereocenters. The van der Waals surface area contributed by atoms with Gasteiger partial charge < -0.3 is 4.90 Å². The van der Waals surface area contributed by atoms with Crippen LogP contribution in [0.4, 0.5) is 5.82 Å². The molecule has 1 aromatic carbocycles. The van der Waals surface area contributed by atoms with Gasteiger partial charge in [-0.1, -0.05) is 12.1 Å². The predicted octanol–water partition coefficient (Wildman–Crippen LogP) is 2.20. The first-order valence-electron chi connectivity index (χ1n) is 9.32. The number of anilines is 1. The third-order valence-electron chi connectivity index (χ3n) is 5.48. The monoisotopic (exact) mass is 347 g/mol. The van der Waals surface area contributed by atoms with Crippen LogP contribution < -0.4 is 10.5 Å². The number of rotatable bonds is 3. The third-order valence-corrected chi connectivity index (χ3v) is 5.48. The molecular formula is C20H21N5O. The van der Waals surface area contributed by atoms with Crippen molar-refractivity contribution in [3.63, 3.8) is 0 Å². The smallest absolute Gasteiger partial charge is 0.267 e. The van der Waals surface area contributed by atoms with Crippen LogP contribution in [0.1, 0.15) is 24.1 Å². The predicted molar refractivity (Wildman–Crippen MR) is 100 cm³/mol. The number of hydrogen-bond acceptors (Lipinski definition) is 5. The van der Waals surface area contributed by atoms with Crippen LogP contribution in [0, 0.1) is 5.92 Å². The van der Waals surface area contributed by atoms with E-state index in [2.05, 4.69) is 26.0 Å². The van der Waals surface area contributed by atoms with E-state index in [0.717, 1.165) is 53.9 Å². The molecular weight excluding hydrogens is 326 g/mol. The highest BCUT2D eigenvalue weighted by Crippen LogP contribution is 2.29. The van der Waals surface area contributed by atoms with Gasteiger partial charge in [-0.25, -0.2) is 14.6 Å². The molecule has 26 heavy (non-hydrogen) atoms. The summed E-state index contributed by atoms with van der Waals surface area (Å²) in [7, 11) is 0. The van der Waals surface area contributed by atoms with Crippen molar-refractivity contribution in [1.82, 2.24) is 19.7 Å². The highest BCUT2D eigenvalue weighted by Gasteiger charge is 2.30. The maximum absolute atomic E-state index is 12.4. The van der Waals surface area contributed by atoms with Crippen LogP contribution in [-0.2, 0) is 19.4 Å². The molecule has 1 fully saturated rings. The van der Waals surface area contributed by atoms with E-state index in [1.807, 2.05) is 18.2 Å². The maximum atomic E-state index is 12.4. The molecule has 2 aromatic heterocycles. The minimum atomic E-state index is 0.0385. The molecule has 132 valence electrons. The third kappa shape index (κ3) is 2.66. The lowest BCUT2D eigenvalue weighted by atomic mass is 9.96. The molecule has 5 rings (SSSR count). The van der Waals surface area contributed by atoms with Crippen molar-refractivity contribution < 1.29 is 0 Å². The van der Waals surface area contributed by atoms with Crippen LogP contribution in [0.2, 0.25) is 0 Å². The van der Waals surface area contributed by atoms with E-state index in [0.29, 0.717) is 12.5 Å². The second kappa shape index (κ2) is 6.20. The van der Waals surface area contributed by atoms with Crippen LogP contribution in [0.25, 0.3) is 10.9 Å². The summed E-state index contributed by atoms with van der Waals surface area (Å²) >= 11 is 0. The number of benzene rings is 1. The summed E-state index contributed by atoms with van der Waals surface area (Å²) in [5.74, 6) is 1.41. The fourth-order valence-electron chi connectivity index (χ4n) is 4.08. The van der Waals surface area contributed by atoms with E-state index in [9.17, 15) is 4.79 Å². The summed E-state index contributed by atoms with van der Waals surface area (Å²) in [4.78, 5) is 23.4. The van der Waals surface area contributed by atoms with Crippen LogP contribution in [0.5, 0.6) is 0 Å². The number of nitrogens with zero attached hydrogens (tertiary/aromatic N) is 5. The molecule has 0 saturated carbocycles. The molecule has 2 aliphatic rings. The summed E-state index contributed by atoms with van der Waals surface area (Å²) in [6, 6.07) is 9.88. The Morgan fingerprint density at radius 1 is 1.08 bits per heavy atom. The Labute approximate surface area is 151 Å². The van der Waals surface area contributed by atoms with Crippen molar-refractivity contribution in [2.45, 2.75) is 32.2 Å². The highest BCUT2D eigenvalue weighted by atomic mass is 16.1. The Morgan fingerprint density at radius 2 is 1.92 bits per heavy atom. The first-order chi connectivity index (χ1) is 12.8. The molecule has 0 spiro atoms. The lowest BCUT2D eigenvalue weighted by molar-refractivity contribution is 0.330. The van der Waals surface area contributed by atoms with Crippen molar-refractivity contribution in [2.75, 3.05) is 18.0 Å². The molecule has 6 heteroatoms. The largest absolute Gasteiger partial charge is 0.355 e. The standard InChI is InChI=1S/C20H21N5O/c26-19-9-15-5-1-3-7-17(15)23-25(19)12-14-10-24(11-14)20-16-6-2-4-8-18(16)21-13-22-20/h2,4,6,8-9,13-14H,1,3,5,7,10-12H2. The zero-order valence-corrected chi connectivity index (χ0v) is 14.6. The zero-order chi connectivity index (χ0) is 17.5. The summed E-state index contributed by atoms with van der Waals surface area (Å²) in [5, 5.41) is 5.72. The zero-order valence-electron chi connectivity index (χ0n) is 14.6. The van der Waals surface area contributed by atoms with E-state index < -0.39 is 0 Å². The molecule has 1 aliphatic carbocycles. The van der Waals surface area contributed by atoms with Crippen LogP contribution in [-0.4, -0.2) is 32.8 Å². The van der Waals surface area contributed by atoms with E-state index in [1.165, 1.54) is 12.8 Å². The number of aromatic nitrogens is 4. The Bertz CT molecular complexity index is 1020. The highest BCUT2D eigenvalue weighted by molar-refractivity contribution is 5.89. The number of para-hydroxylation sites is 1. The average molecular weight is 347 g/mol. The molecule has 0 N–H and O–H groups in total. The molecule has 1 aliphatic heterocycles. The van der Waals surface area contributed by atoms with Crippen molar-refractivity contribution in [2.24, 2.45) is 5.92 Å². The Hall–Kier alpha value is -2.76. The summed E-state index contributed by atoms with van der Waals surface area (Å²) in [5.41, 5.74) is 3.28. The fraction of sp³-hybridized carbons (Fsp3) is 0.400. The Kier molecular flexibility index (Phi) is 3.69. The van der Waals surface area contributed by atoms with Gasteiger partial charge in [0.15, 0.2) is 0 Å². The van der Waals surface area contributed by atoms with Crippen molar-refractivity contribution in [3.05, 3.63) is 58.3 Å². The molecule has 0 unspecified atom stereocenters. The van der Waals surface area contributed by atoms with Crippen molar-refractivity contribution in [3.8, 4) is 0 Å². The van der Waals surface area contributed by atoms with Gasteiger partial charge in [0.25, 0.3) is 5.56 Å². The number of fused-ring (bicyclic) bond motifs is 2. The van der Waals surface area contributed by atoms with Gasteiger partial charge in [-0.15, -0.1) is 0 Å². The molecule has 0 radical (unpaired) electrons. The fourth-order valence-corrected chi connectivity index (χ4v) is 4.08. The molecule has 6 nitrogen and oxygen atoms in total. The van der Waals surface area contributed by atoms with E-state index in [4.69, 9.17) is 0 Å². The van der Waals surface area contributed by atoms with E-state index in [1.54, 1.807) is 17.1 Å². The lowest BCUT2D eigenvalue weighted by Gasteiger charge is -2.40. The molecule has 0 bridgehead atoms. The molecule has 3 aromatic rings. The van der Waals surface area contributed by atoms with Crippen LogP contribution >= 0.6 is 0 Å². The number of hydrogen-bond donors (Lipinski definition) is 0. The van der Waals surface area contributed by atoms with Gasteiger partial charge in [0.2, 0.25) is 0 Å². The minimum Gasteiger partial charge on any atom is -0.355 e. The maximum Gasteiger partial charge on any atom is 0.267 e. The van der Waals surface area contributed by atoms with Gasteiger partial charge >= 0.3 is 0 Å². The SMILES string of the molecule is O=c1cc2c(nn1CC1CN(c3ncnc4ccccc34)C1)CCCC2. The van der Waals surface area contributed by atoms with Gasteiger partial charge in [0, 0.05) is 30.5 Å². The summed E-state index contributed by atoms with van der Waals surface area (Å²) < 4.78 is 1.67. The second-order valence-corrected chi connectivity index (χ2v) is 7.33. The average Bonchev–Trinajstić information content (AvgIpc) is 2.64. The van der Waals surface area contributed by atoms with Crippen LogP contribution in [0.3, 0.4) is 0 Å². The quantitative estimate of drug-likeness (QED) is 0.727. The number of aryl methyl sites for hydroxylation is 2. The van der Waals surface area contributed by atoms with E-state index in [-0.39, 0.29) is 5.56 Å². The molecule has 3 heterocycles. The second-order valence-electron chi connectivity index (χ2n) is 7.33. The first-order valence-corrected chi connectivity index (χ1v) is 9.32. The molecule has 1 saturated heterocycles. The van der Waals surface area contributed by atoms with Crippen molar-refractivity contribution in [1.29, 1.82) is 0 Å². The van der Waals surface area contributed by atoms with E-state index >= 15 is 0 Å².